The van der Waals surface area contributed by atoms with Crippen LogP contribution in [0.4, 0.5) is 0 Å². The van der Waals surface area contributed by atoms with Gasteiger partial charge in [-0.25, -0.2) is 0 Å². The van der Waals surface area contributed by atoms with Gasteiger partial charge in [-0.2, -0.15) is 0 Å². The molecule has 0 heterocycles. The van der Waals surface area contributed by atoms with E-state index in [-0.39, 0.29) is 27.3 Å². The van der Waals surface area contributed by atoms with Crippen molar-refractivity contribution in [2.24, 2.45) is 5.73 Å². The Hall–Kier alpha value is 1.94. The van der Waals surface area contributed by atoms with Crippen LogP contribution in [0.25, 0.3) is 0 Å². The molecular weight excluding hydrogens is 384 g/mol. The number of alkyl halides is 3. The van der Waals surface area contributed by atoms with Gasteiger partial charge in [0.25, 0.3) is 0 Å². The molecule has 1 nitrogen and oxygen atoms in total. The number of hydrogen-bond donors (Lipinski definition) is 1. The molecule has 2 N–H and O–H groups in total. The van der Waals surface area contributed by atoms with Crippen LogP contribution in [0.15, 0.2) is 0 Å². The van der Waals surface area contributed by atoms with Crippen LogP contribution in [-0.2, 0) is 0 Å². The van der Waals surface area contributed by atoms with Crippen molar-refractivity contribution < 1.29 is 0 Å². The van der Waals surface area contributed by atoms with Gasteiger partial charge < -0.3 is 0 Å². The van der Waals surface area contributed by atoms with Crippen molar-refractivity contribution in [3.8, 4) is 0 Å². The SMILES string of the molecule is NC(Cl)(Cl)Br.[PbH2]. The maximum absolute atomic E-state index is 4.99. The van der Waals surface area contributed by atoms with E-state index in [9.17, 15) is 0 Å². The third-order valence-electron chi connectivity index (χ3n) is 0. The van der Waals surface area contributed by atoms with Crippen molar-refractivity contribution >= 4 is 66.4 Å². The molecule has 0 spiro atoms. The molecule has 0 aliphatic carbocycles. The normalized spacial score (nSPS) is 10.0. The standard InChI is InChI=1S/CH2BrCl2N.Pb.2H/c2-1(3,4)5;;;/h5H2;;;. The predicted molar refractivity (Wildman–Crippen MR) is 36.1 cm³/mol. The van der Waals surface area contributed by atoms with E-state index < -0.39 is 3.37 Å². The van der Waals surface area contributed by atoms with Crippen LogP contribution in [0, 0.1) is 0 Å². The second kappa shape index (κ2) is 3.89. The van der Waals surface area contributed by atoms with Crippen molar-refractivity contribution in [3.05, 3.63) is 0 Å². The molecule has 0 unspecified atom stereocenters. The fraction of sp³-hybridized carbons (Fsp3) is 1.00. The first-order chi connectivity index (χ1) is 2.00. The summed E-state index contributed by atoms with van der Waals surface area (Å²) >= 11 is 12.7. The third-order valence-corrected chi connectivity index (χ3v) is 0. The molecule has 0 rings (SSSR count). The summed E-state index contributed by atoms with van der Waals surface area (Å²) in [6.07, 6.45) is 0. The molecule has 0 aliphatic rings. The van der Waals surface area contributed by atoms with E-state index in [2.05, 4.69) is 15.9 Å². The van der Waals surface area contributed by atoms with E-state index in [1.807, 2.05) is 0 Å². The quantitative estimate of drug-likeness (QED) is 0.366. The Balaban J connectivity index is 0. The van der Waals surface area contributed by atoms with Gasteiger partial charge in [0.1, 0.15) is 0 Å². The second-order valence-electron chi connectivity index (χ2n) is 0.542. The molecule has 0 atom stereocenters. The summed E-state index contributed by atoms with van der Waals surface area (Å²) in [5, 5.41) is 0. The fourth-order valence-electron chi connectivity index (χ4n) is 0. The zero-order chi connectivity index (χ0) is 4.50. The van der Waals surface area contributed by atoms with Gasteiger partial charge in [0.2, 0.25) is 3.37 Å². The van der Waals surface area contributed by atoms with Crippen LogP contribution in [0.1, 0.15) is 0 Å². The number of rotatable bonds is 0. The zero-order valence-electron chi connectivity index (χ0n) is 2.92. The molecule has 0 saturated carbocycles. The first-order valence-corrected chi connectivity index (χ1v) is 2.40. The topological polar surface area (TPSA) is 26.0 Å². The minimum absolute atomic E-state index is 0. The summed E-state index contributed by atoms with van der Waals surface area (Å²) in [5.74, 6) is 0. The summed E-state index contributed by atoms with van der Waals surface area (Å²) in [6.45, 7) is 0. The molecule has 6 heavy (non-hydrogen) atoms. The van der Waals surface area contributed by atoms with E-state index >= 15 is 0 Å². The summed E-state index contributed by atoms with van der Waals surface area (Å²) < 4.78 is -1.24. The third kappa shape index (κ3) is 38.5. The van der Waals surface area contributed by atoms with E-state index in [0.29, 0.717) is 0 Å². The summed E-state index contributed by atoms with van der Waals surface area (Å²) in [6, 6.07) is 0. The van der Waals surface area contributed by atoms with E-state index in [4.69, 9.17) is 28.9 Å². The molecule has 0 aliphatic heterocycles. The summed E-state index contributed by atoms with van der Waals surface area (Å²) in [4.78, 5) is 0. The molecule has 0 aromatic heterocycles. The van der Waals surface area contributed by atoms with Crippen LogP contribution in [0.5, 0.6) is 0 Å². The van der Waals surface area contributed by atoms with E-state index in [1.165, 1.54) is 0 Å². The number of hydrogen-bond acceptors (Lipinski definition) is 1. The van der Waals surface area contributed by atoms with Crippen molar-refractivity contribution in [3.63, 3.8) is 0 Å². The Kier molecular flexibility index (Phi) is 7.02. The van der Waals surface area contributed by atoms with Crippen molar-refractivity contribution in [1.82, 2.24) is 0 Å². The molecule has 0 aromatic carbocycles. The molecular formula is CH4BrCl2NPb. The number of halogens is 3. The molecule has 0 bridgehead atoms. The minimum atomic E-state index is -1.24. The van der Waals surface area contributed by atoms with Crippen LogP contribution in [-0.4, -0.2) is 30.7 Å². The van der Waals surface area contributed by atoms with E-state index in [1.54, 1.807) is 0 Å². The Labute approximate surface area is 74.8 Å². The molecule has 0 fully saturated rings. The van der Waals surface area contributed by atoms with Crippen LogP contribution >= 0.6 is 39.1 Å². The molecule has 0 amide bonds. The zero-order valence-corrected chi connectivity index (χ0v) is 11.5. The Bertz CT molecular complexity index is 29.0. The van der Waals surface area contributed by atoms with E-state index in [0.717, 1.165) is 0 Å². The Morgan fingerprint density at radius 2 is 1.50 bits per heavy atom. The van der Waals surface area contributed by atoms with Crippen LogP contribution in [0.2, 0.25) is 0 Å². The van der Waals surface area contributed by atoms with Gasteiger partial charge in [0.15, 0.2) is 0 Å². The van der Waals surface area contributed by atoms with Gasteiger partial charge in [0, 0.05) is 0 Å². The maximum atomic E-state index is 4.99. The number of nitrogens with two attached hydrogens (primary N) is 1. The molecule has 2 radical (unpaired) electrons. The van der Waals surface area contributed by atoms with Crippen molar-refractivity contribution in [1.29, 1.82) is 0 Å². The molecule has 0 aromatic rings. The monoisotopic (exact) mass is 387 g/mol. The van der Waals surface area contributed by atoms with Gasteiger partial charge in [-0.1, -0.05) is 23.2 Å². The van der Waals surface area contributed by atoms with Crippen molar-refractivity contribution in [2.75, 3.05) is 0 Å². The van der Waals surface area contributed by atoms with Crippen molar-refractivity contribution in [2.45, 2.75) is 3.37 Å². The summed E-state index contributed by atoms with van der Waals surface area (Å²) in [7, 11) is 0. The Morgan fingerprint density at radius 3 is 1.50 bits per heavy atom. The average Bonchev–Trinajstić information content (AvgIpc) is 0.722. The summed E-state index contributed by atoms with van der Waals surface area (Å²) in [5.41, 5.74) is 4.80. The van der Waals surface area contributed by atoms with Gasteiger partial charge in [-0.3, -0.25) is 5.73 Å². The molecule has 0 saturated heterocycles. The molecule has 5 heteroatoms. The van der Waals surface area contributed by atoms with Gasteiger partial charge in [0.05, 0.1) is 0 Å². The predicted octanol–water partition coefficient (Wildman–Crippen LogP) is 0.513. The Morgan fingerprint density at radius 1 is 1.50 bits per heavy atom. The van der Waals surface area contributed by atoms with Gasteiger partial charge >= 0.3 is 27.3 Å². The fourth-order valence-corrected chi connectivity index (χ4v) is 0. The van der Waals surface area contributed by atoms with Gasteiger partial charge in [-0.15, -0.1) is 0 Å². The van der Waals surface area contributed by atoms with Gasteiger partial charge in [-0.05, 0) is 15.9 Å². The first kappa shape index (κ1) is 10.8. The molecule has 38 valence electrons. The average molecular weight is 388 g/mol. The van der Waals surface area contributed by atoms with Crippen LogP contribution in [0.3, 0.4) is 0 Å². The second-order valence-corrected chi connectivity index (χ2v) is 4.09. The first-order valence-electron chi connectivity index (χ1n) is 0.856. The van der Waals surface area contributed by atoms with Crippen LogP contribution < -0.4 is 5.73 Å².